The molecule has 0 atom stereocenters. The van der Waals surface area contributed by atoms with Crippen molar-refractivity contribution in [2.45, 2.75) is 6.92 Å². The number of pyridine rings is 1. The van der Waals surface area contributed by atoms with Crippen molar-refractivity contribution in [3.8, 4) is 11.4 Å². The molecule has 0 unspecified atom stereocenters. The minimum absolute atomic E-state index is 0.270. The summed E-state index contributed by atoms with van der Waals surface area (Å²) < 4.78 is 1.16. The van der Waals surface area contributed by atoms with Gasteiger partial charge < -0.3 is 4.98 Å². The first-order valence-electron chi connectivity index (χ1n) is 5.53. The summed E-state index contributed by atoms with van der Waals surface area (Å²) in [6, 6.07) is 7.84. The van der Waals surface area contributed by atoms with Crippen LogP contribution in [0.4, 0.5) is 0 Å². The maximum absolute atomic E-state index is 5.96. The van der Waals surface area contributed by atoms with E-state index in [-0.39, 0.29) is 5.15 Å². The van der Waals surface area contributed by atoms with Gasteiger partial charge in [-0.2, -0.15) is 0 Å². The molecule has 0 aliphatic carbocycles. The van der Waals surface area contributed by atoms with Crippen LogP contribution in [-0.4, -0.2) is 15.0 Å². The van der Waals surface area contributed by atoms with E-state index in [0.29, 0.717) is 10.7 Å². The summed E-state index contributed by atoms with van der Waals surface area (Å²) in [6.07, 6.45) is 0. The minimum atomic E-state index is 0.270. The quantitative estimate of drug-likeness (QED) is 0.466. The number of imidazole rings is 1. The Hall–Kier alpha value is -0.850. The van der Waals surface area contributed by atoms with E-state index in [4.69, 9.17) is 23.2 Å². The molecule has 6 heteroatoms. The van der Waals surface area contributed by atoms with Crippen LogP contribution in [-0.2, 0) is 0 Å². The summed E-state index contributed by atoms with van der Waals surface area (Å²) in [5.41, 5.74) is 3.61. The zero-order valence-corrected chi connectivity index (χ0v) is 13.5. The smallest absolute Gasteiger partial charge is 0.179 e. The van der Waals surface area contributed by atoms with Crippen molar-refractivity contribution in [3.05, 3.63) is 43.6 Å². The Bertz CT molecular complexity index is 744. The number of nitrogens with one attached hydrogen (secondary N) is 1. The van der Waals surface area contributed by atoms with Gasteiger partial charge in [0.15, 0.2) is 5.65 Å². The SMILES string of the molecule is Cc1cccc(-c2nc3nc(Cl)c(Cl)cc3[nH]2)c1I. The first kappa shape index (κ1) is 13.1. The Kier molecular flexibility index (Phi) is 3.41. The molecule has 19 heavy (non-hydrogen) atoms. The van der Waals surface area contributed by atoms with E-state index in [2.05, 4.69) is 50.5 Å². The van der Waals surface area contributed by atoms with Gasteiger partial charge in [-0.3, -0.25) is 0 Å². The first-order valence-corrected chi connectivity index (χ1v) is 7.37. The van der Waals surface area contributed by atoms with E-state index in [1.165, 1.54) is 5.56 Å². The van der Waals surface area contributed by atoms with Crippen LogP contribution in [0.2, 0.25) is 10.2 Å². The molecule has 3 nitrogen and oxygen atoms in total. The summed E-state index contributed by atoms with van der Waals surface area (Å²) in [5, 5.41) is 0.689. The predicted octanol–water partition coefficient (Wildman–Crippen LogP) is 4.84. The molecule has 1 aromatic carbocycles. The largest absolute Gasteiger partial charge is 0.336 e. The van der Waals surface area contributed by atoms with Gasteiger partial charge in [0.25, 0.3) is 0 Å². The molecule has 0 saturated heterocycles. The van der Waals surface area contributed by atoms with E-state index in [1.54, 1.807) is 6.07 Å². The molecule has 1 N–H and O–H groups in total. The topological polar surface area (TPSA) is 41.6 Å². The highest BCUT2D eigenvalue weighted by atomic mass is 127. The Morgan fingerprint density at radius 1 is 1.21 bits per heavy atom. The van der Waals surface area contributed by atoms with Gasteiger partial charge in [0.05, 0.1) is 10.5 Å². The maximum atomic E-state index is 5.96. The highest BCUT2D eigenvalue weighted by Crippen LogP contribution is 2.29. The summed E-state index contributed by atoms with van der Waals surface area (Å²) in [5.74, 6) is 0.772. The van der Waals surface area contributed by atoms with Crippen molar-refractivity contribution in [2.75, 3.05) is 0 Å². The second-order valence-corrected chi connectivity index (χ2v) is 6.00. The van der Waals surface area contributed by atoms with Gasteiger partial charge in [-0.25, -0.2) is 9.97 Å². The van der Waals surface area contributed by atoms with Gasteiger partial charge in [0.1, 0.15) is 11.0 Å². The monoisotopic (exact) mass is 403 g/mol. The molecule has 0 amide bonds. The Labute approximate surface area is 133 Å². The number of benzene rings is 1. The van der Waals surface area contributed by atoms with Crippen molar-refractivity contribution in [2.24, 2.45) is 0 Å². The zero-order valence-electron chi connectivity index (χ0n) is 9.84. The number of fused-ring (bicyclic) bond motifs is 1. The molecule has 2 aromatic heterocycles. The molecule has 0 aliphatic heterocycles. The van der Waals surface area contributed by atoms with Crippen LogP contribution < -0.4 is 0 Å². The average Bonchev–Trinajstić information content (AvgIpc) is 2.76. The Morgan fingerprint density at radius 3 is 2.79 bits per heavy atom. The summed E-state index contributed by atoms with van der Waals surface area (Å²) in [7, 11) is 0. The van der Waals surface area contributed by atoms with Crippen LogP contribution in [0.5, 0.6) is 0 Å². The average molecular weight is 404 g/mol. The van der Waals surface area contributed by atoms with E-state index in [0.717, 1.165) is 20.5 Å². The number of aromatic nitrogens is 3. The first-order chi connectivity index (χ1) is 9.06. The number of aromatic amines is 1. The van der Waals surface area contributed by atoms with Crippen LogP contribution in [0.1, 0.15) is 5.56 Å². The van der Waals surface area contributed by atoms with E-state index >= 15 is 0 Å². The fourth-order valence-electron chi connectivity index (χ4n) is 1.85. The number of nitrogens with zero attached hydrogens (tertiary/aromatic N) is 2. The van der Waals surface area contributed by atoms with Gasteiger partial charge in [-0.05, 0) is 41.1 Å². The van der Waals surface area contributed by atoms with Crippen LogP contribution in [0.25, 0.3) is 22.6 Å². The lowest BCUT2D eigenvalue weighted by atomic mass is 10.1. The zero-order chi connectivity index (χ0) is 13.6. The number of hydrogen-bond acceptors (Lipinski definition) is 2. The second-order valence-electron chi connectivity index (χ2n) is 4.15. The molecule has 0 saturated carbocycles. The highest BCUT2D eigenvalue weighted by Gasteiger charge is 2.12. The van der Waals surface area contributed by atoms with Crippen molar-refractivity contribution >= 4 is 57.0 Å². The number of hydrogen-bond donors (Lipinski definition) is 1. The molecule has 0 radical (unpaired) electrons. The molecule has 0 fully saturated rings. The maximum Gasteiger partial charge on any atom is 0.179 e. The standard InChI is InChI=1S/C13H8Cl2IN3/c1-6-3-2-4-7(10(6)16)12-17-9-5-8(14)11(15)18-13(9)19-12/h2-5H,1H3,(H,17,18,19). The van der Waals surface area contributed by atoms with Crippen LogP contribution >= 0.6 is 45.8 Å². The van der Waals surface area contributed by atoms with Gasteiger partial charge in [0.2, 0.25) is 0 Å². The molecule has 3 rings (SSSR count). The lowest BCUT2D eigenvalue weighted by Gasteiger charge is -2.03. The summed E-state index contributed by atoms with van der Waals surface area (Å²) in [6.45, 7) is 2.07. The van der Waals surface area contributed by atoms with Crippen molar-refractivity contribution in [1.82, 2.24) is 15.0 Å². The summed E-state index contributed by atoms with van der Waals surface area (Å²) in [4.78, 5) is 11.9. The predicted molar refractivity (Wildman–Crippen MR) is 86.8 cm³/mol. The molecular weight excluding hydrogens is 396 g/mol. The fraction of sp³-hybridized carbons (Fsp3) is 0.0769. The molecule has 2 heterocycles. The van der Waals surface area contributed by atoms with Crippen LogP contribution in [0.3, 0.4) is 0 Å². The normalized spacial score (nSPS) is 11.2. The number of aryl methyl sites for hydroxylation is 1. The van der Waals surface area contributed by atoms with Crippen LogP contribution in [0, 0.1) is 10.5 Å². The highest BCUT2D eigenvalue weighted by molar-refractivity contribution is 14.1. The summed E-state index contributed by atoms with van der Waals surface area (Å²) >= 11 is 14.2. The third-order valence-electron chi connectivity index (χ3n) is 2.83. The molecule has 0 aliphatic rings. The van der Waals surface area contributed by atoms with Crippen LogP contribution in [0.15, 0.2) is 24.3 Å². The Balaban J connectivity index is 2.23. The van der Waals surface area contributed by atoms with Gasteiger partial charge in [0, 0.05) is 9.13 Å². The van der Waals surface area contributed by atoms with Gasteiger partial charge in [-0.15, -0.1) is 0 Å². The second kappa shape index (κ2) is 4.92. The molecular formula is C13H8Cl2IN3. The third kappa shape index (κ3) is 2.32. The number of halogens is 3. The fourth-order valence-corrected chi connectivity index (χ4v) is 2.75. The Morgan fingerprint density at radius 2 is 2.00 bits per heavy atom. The van der Waals surface area contributed by atoms with E-state index < -0.39 is 0 Å². The van der Waals surface area contributed by atoms with Crippen molar-refractivity contribution in [3.63, 3.8) is 0 Å². The van der Waals surface area contributed by atoms with Gasteiger partial charge >= 0.3 is 0 Å². The van der Waals surface area contributed by atoms with E-state index in [1.807, 2.05) is 12.1 Å². The molecule has 0 bridgehead atoms. The van der Waals surface area contributed by atoms with E-state index in [9.17, 15) is 0 Å². The van der Waals surface area contributed by atoms with Crippen molar-refractivity contribution in [1.29, 1.82) is 0 Å². The molecule has 96 valence electrons. The number of rotatable bonds is 1. The minimum Gasteiger partial charge on any atom is -0.336 e. The lowest BCUT2D eigenvalue weighted by Crippen LogP contribution is -1.88. The lowest BCUT2D eigenvalue weighted by molar-refractivity contribution is 1.28. The molecule has 3 aromatic rings. The number of H-pyrrole nitrogens is 1. The van der Waals surface area contributed by atoms with Gasteiger partial charge in [-0.1, -0.05) is 41.4 Å². The third-order valence-corrected chi connectivity index (χ3v) is 4.94. The molecule has 0 spiro atoms. The van der Waals surface area contributed by atoms with Crippen molar-refractivity contribution < 1.29 is 0 Å².